The molecule has 90 valence electrons. The first-order chi connectivity index (χ1) is 8.11. The third-order valence-corrected chi connectivity index (χ3v) is 3.18. The average molecular weight is 231 g/mol. The lowest BCUT2D eigenvalue weighted by molar-refractivity contribution is -0.136. The molecular weight excluding hydrogens is 214 g/mol. The lowest BCUT2D eigenvalue weighted by Gasteiger charge is -2.01. The Bertz CT molecular complexity index is 555. The summed E-state index contributed by atoms with van der Waals surface area (Å²) in [6.45, 7) is 4.13. The molecule has 0 saturated heterocycles. The van der Waals surface area contributed by atoms with E-state index < -0.39 is 5.97 Å². The summed E-state index contributed by atoms with van der Waals surface area (Å²) in [5, 5.41) is 9.94. The second kappa shape index (κ2) is 4.62. The van der Waals surface area contributed by atoms with E-state index in [0.29, 0.717) is 6.42 Å². The number of aromatic nitrogens is 1. The smallest absolute Gasteiger partial charge is 0.303 e. The molecule has 2 aromatic rings. The minimum absolute atomic E-state index is 0.185. The van der Waals surface area contributed by atoms with Crippen LogP contribution in [-0.2, 0) is 17.6 Å². The lowest BCUT2D eigenvalue weighted by Crippen LogP contribution is -1.98. The molecule has 0 bridgehead atoms. The Morgan fingerprint density at radius 3 is 2.82 bits per heavy atom. The molecule has 0 atom stereocenters. The molecule has 0 radical (unpaired) electrons. The van der Waals surface area contributed by atoms with Gasteiger partial charge >= 0.3 is 5.97 Å². The van der Waals surface area contributed by atoms with E-state index in [2.05, 4.69) is 30.1 Å². The van der Waals surface area contributed by atoms with Gasteiger partial charge in [-0.25, -0.2) is 0 Å². The summed E-state index contributed by atoms with van der Waals surface area (Å²) in [5.74, 6) is -0.745. The first-order valence-electron chi connectivity index (χ1n) is 5.93. The number of benzene rings is 1. The maximum absolute atomic E-state index is 10.7. The molecule has 0 amide bonds. The number of H-pyrrole nitrogens is 1. The predicted octanol–water partition coefficient (Wildman–Crippen LogP) is 3.06. The molecule has 0 aliphatic rings. The molecule has 0 aliphatic heterocycles. The molecule has 1 aromatic carbocycles. The lowest BCUT2D eigenvalue weighted by atomic mass is 10.0. The van der Waals surface area contributed by atoms with Crippen molar-refractivity contribution in [1.82, 2.24) is 4.98 Å². The van der Waals surface area contributed by atoms with Gasteiger partial charge in [-0.1, -0.05) is 13.0 Å². The largest absolute Gasteiger partial charge is 0.481 e. The molecule has 0 spiro atoms. The maximum atomic E-state index is 10.7. The van der Waals surface area contributed by atoms with E-state index in [4.69, 9.17) is 5.11 Å². The molecule has 3 heteroatoms. The zero-order valence-corrected chi connectivity index (χ0v) is 10.2. The van der Waals surface area contributed by atoms with Gasteiger partial charge in [0, 0.05) is 23.0 Å². The zero-order valence-electron chi connectivity index (χ0n) is 10.2. The second-order valence-electron chi connectivity index (χ2n) is 4.36. The molecule has 0 fully saturated rings. The zero-order chi connectivity index (χ0) is 12.4. The molecule has 2 rings (SSSR count). The van der Waals surface area contributed by atoms with Gasteiger partial charge in [-0.05, 0) is 43.0 Å². The first kappa shape index (κ1) is 11.7. The van der Waals surface area contributed by atoms with Crippen molar-refractivity contribution >= 4 is 16.9 Å². The highest BCUT2D eigenvalue weighted by Gasteiger charge is 2.10. The minimum Gasteiger partial charge on any atom is -0.481 e. The van der Waals surface area contributed by atoms with Crippen LogP contribution in [-0.4, -0.2) is 16.1 Å². The molecule has 0 unspecified atom stereocenters. The summed E-state index contributed by atoms with van der Waals surface area (Å²) in [6.07, 6.45) is 1.77. The van der Waals surface area contributed by atoms with Crippen LogP contribution in [0.5, 0.6) is 0 Å². The Hall–Kier alpha value is -1.77. The van der Waals surface area contributed by atoms with Crippen molar-refractivity contribution in [2.24, 2.45) is 0 Å². The predicted molar refractivity (Wildman–Crippen MR) is 68.4 cm³/mol. The molecule has 3 nitrogen and oxygen atoms in total. The number of carbonyl (C=O) groups is 1. The molecule has 2 N–H and O–H groups in total. The number of aromatic amines is 1. The van der Waals surface area contributed by atoms with Crippen LogP contribution < -0.4 is 0 Å². The Kier molecular flexibility index (Phi) is 3.18. The molecule has 1 aromatic heterocycles. The van der Waals surface area contributed by atoms with Crippen LogP contribution in [0.1, 0.15) is 30.2 Å². The Balaban J connectivity index is 2.44. The van der Waals surface area contributed by atoms with Crippen LogP contribution in [0, 0.1) is 6.92 Å². The van der Waals surface area contributed by atoms with Crippen molar-refractivity contribution < 1.29 is 9.90 Å². The number of aliphatic carboxylic acids is 1. The van der Waals surface area contributed by atoms with Gasteiger partial charge in [0.2, 0.25) is 0 Å². The highest BCUT2D eigenvalue weighted by Crippen LogP contribution is 2.24. The average Bonchev–Trinajstić information content (AvgIpc) is 2.61. The topological polar surface area (TPSA) is 53.1 Å². The molecule has 1 heterocycles. The highest BCUT2D eigenvalue weighted by atomic mass is 16.4. The quantitative estimate of drug-likeness (QED) is 0.849. The number of aryl methyl sites for hydroxylation is 3. The van der Waals surface area contributed by atoms with Crippen molar-refractivity contribution in [3.63, 3.8) is 0 Å². The van der Waals surface area contributed by atoms with Crippen molar-refractivity contribution in [2.45, 2.75) is 33.1 Å². The summed E-state index contributed by atoms with van der Waals surface area (Å²) in [7, 11) is 0. The maximum Gasteiger partial charge on any atom is 0.303 e. The normalized spacial score (nSPS) is 10.9. The summed E-state index contributed by atoms with van der Waals surface area (Å²) >= 11 is 0. The first-order valence-corrected chi connectivity index (χ1v) is 5.93. The number of fused-ring (bicyclic) bond motifs is 1. The number of rotatable bonds is 4. The van der Waals surface area contributed by atoms with Crippen LogP contribution in [0.3, 0.4) is 0 Å². The van der Waals surface area contributed by atoms with E-state index >= 15 is 0 Å². The molecule has 0 saturated carbocycles. The second-order valence-corrected chi connectivity index (χ2v) is 4.36. The van der Waals surface area contributed by atoms with Gasteiger partial charge < -0.3 is 10.1 Å². The van der Waals surface area contributed by atoms with Crippen molar-refractivity contribution in [2.75, 3.05) is 0 Å². The monoisotopic (exact) mass is 231 g/mol. The molecular formula is C14H17NO2. The standard InChI is InChI=1S/C14H17NO2/c1-3-10-4-6-13-12(8-10)11(9(2)15-13)5-7-14(16)17/h4,6,8,15H,3,5,7H2,1-2H3,(H,16,17). The third-order valence-electron chi connectivity index (χ3n) is 3.18. The Morgan fingerprint density at radius 1 is 1.41 bits per heavy atom. The van der Waals surface area contributed by atoms with Gasteiger partial charge in [0.05, 0.1) is 0 Å². The minimum atomic E-state index is -0.745. The van der Waals surface area contributed by atoms with E-state index in [1.807, 2.05) is 6.92 Å². The van der Waals surface area contributed by atoms with Gasteiger partial charge in [0.15, 0.2) is 0 Å². The van der Waals surface area contributed by atoms with Crippen LogP contribution in [0.15, 0.2) is 18.2 Å². The van der Waals surface area contributed by atoms with Gasteiger partial charge in [-0.2, -0.15) is 0 Å². The van der Waals surface area contributed by atoms with E-state index in [-0.39, 0.29) is 6.42 Å². The van der Waals surface area contributed by atoms with Gasteiger partial charge in [0.1, 0.15) is 0 Å². The fraction of sp³-hybridized carbons (Fsp3) is 0.357. The van der Waals surface area contributed by atoms with Gasteiger partial charge in [0.25, 0.3) is 0 Å². The number of hydrogen-bond donors (Lipinski definition) is 2. The van der Waals surface area contributed by atoms with Crippen LogP contribution >= 0.6 is 0 Å². The fourth-order valence-corrected chi connectivity index (χ4v) is 2.20. The summed E-state index contributed by atoms with van der Waals surface area (Å²) in [4.78, 5) is 14.0. The van der Waals surface area contributed by atoms with E-state index in [9.17, 15) is 4.79 Å². The number of hydrogen-bond acceptors (Lipinski definition) is 1. The van der Waals surface area contributed by atoms with E-state index in [0.717, 1.165) is 23.2 Å². The van der Waals surface area contributed by atoms with Crippen LogP contribution in [0.25, 0.3) is 10.9 Å². The molecule has 0 aliphatic carbocycles. The van der Waals surface area contributed by atoms with Crippen molar-refractivity contribution in [1.29, 1.82) is 0 Å². The van der Waals surface area contributed by atoms with Crippen LogP contribution in [0.4, 0.5) is 0 Å². The Labute approximate surface area is 100 Å². The number of carboxylic acid groups (broad SMARTS) is 1. The third kappa shape index (κ3) is 2.33. The van der Waals surface area contributed by atoms with Crippen molar-refractivity contribution in [3.8, 4) is 0 Å². The highest BCUT2D eigenvalue weighted by molar-refractivity contribution is 5.85. The summed E-state index contributed by atoms with van der Waals surface area (Å²) in [6, 6.07) is 6.35. The van der Waals surface area contributed by atoms with Crippen LogP contribution in [0.2, 0.25) is 0 Å². The molecule has 17 heavy (non-hydrogen) atoms. The summed E-state index contributed by atoms with van der Waals surface area (Å²) < 4.78 is 0. The summed E-state index contributed by atoms with van der Waals surface area (Å²) in [5.41, 5.74) is 4.60. The van der Waals surface area contributed by atoms with Gasteiger partial charge in [-0.15, -0.1) is 0 Å². The number of carboxylic acids is 1. The van der Waals surface area contributed by atoms with E-state index in [1.165, 1.54) is 10.9 Å². The fourth-order valence-electron chi connectivity index (χ4n) is 2.20. The SMILES string of the molecule is CCc1ccc2[nH]c(C)c(CCC(=O)O)c2c1. The van der Waals surface area contributed by atoms with Gasteiger partial charge in [-0.3, -0.25) is 4.79 Å². The Morgan fingerprint density at radius 2 is 2.18 bits per heavy atom. The van der Waals surface area contributed by atoms with Crippen molar-refractivity contribution in [3.05, 3.63) is 35.0 Å². The number of nitrogens with one attached hydrogen (secondary N) is 1. The van der Waals surface area contributed by atoms with E-state index in [1.54, 1.807) is 0 Å².